The molecule has 0 bridgehead atoms. The van der Waals surface area contributed by atoms with E-state index in [1.54, 1.807) is 29.6 Å². The number of rotatable bonds is 7. The number of carbonyl (C=O) groups is 3. The number of benzene rings is 1. The zero-order chi connectivity index (χ0) is 19.2. The Bertz CT molecular complexity index is 836. The van der Waals surface area contributed by atoms with Gasteiger partial charge in [0.25, 0.3) is 11.8 Å². The maximum Gasteiger partial charge on any atom is 0.326 e. The third-order valence-electron chi connectivity index (χ3n) is 3.72. The standard InChI is InChI=1S/C18H18N2O6S/c1-11(26-16(21)9-20-18(23)15-3-2-6-27-15)17(22)19-8-12-4-5-13-14(7-12)25-10-24-13/h2-7,11H,8-10H2,1H3,(H,19,22)(H,20,23)/t11-/m1/s1. The second kappa shape index (κ2) is 8.54. The fourth-order valence-corrected chi connectivity index (χ4v) is 2.96. The van der Waals surface area contributed by atoms with Crippen LogP contribution in [-0.2, 0) is 20.9 Å². The second-order valence-corrected chi connectivity index (χ2v) is 6.65. The van der Waals surface area contributed by atoms with Gasteiger partial charge in [-0.3, -0.25) is 14.4 Å². The van der Waals surface area contributed by atoms with Crippen molar-refractivity contribution < 1.29 is 28.6 Å². The summed E-state index contributed by atoms with van der Waals surface area (Å²) in [4.78, 5) is 36.1. The summed E-state index contributed by atoms with van der Waals surface area (Å²) in [6.07, 6.45) is -0.981. The Labute approximate surface area is 159 Å². The number of fused-ring (bicyclic) bond motifs is 1. The van der Waals surface area contributed by atoms with Gasteiger partial charge in [-0.25, -0.2) is 0 Å². The van der Waals surface area contributed by atoms with Crippen LogP contribution in [-0.4, -0.2) is 37.2 Å². The van der Waals surface area contributed by atoms with Gasteiger partial charge in [0.05, 0.1) is 4.88 Å². The second-order valence-electron chi connectivity index (χ2n) is 5.70. The molecule has 3 rings (SSSR count). The van der Waals surface area contributed by atoms with Gasteiger partial charge in [0, 0.05) is 6.54 Å². The normalized spacial score (nSPS) is 12.9. The van der Waals surface area contributed by atoms with Crippen LogP contribution in [0, 0.1) is 0 Å². The zero-order valence-corrected chi connectivity index (χ0v) is 15.3. The summed E-state index contributed by atoms with van der Waals surface area (Å²) >= 11 is 1.27. The Morgan fingerprint density at radius 1 is 1.19 bits per heavy atom. The lowest BCUT2D eigenvalue weighted by atomic mass is 10.2. The minimum atomic E-state index is -0.981. The molecule has 8 nitrogen and oxygen atoms in total. The summed E-state index contributed by atoms with van der Waals surface area (Å²) in [5.74, 6) is -0.197. The Morgan fingerprint density at radius 2 is 2.00 bits per heavy atom. The number of hydrogen-bond donors (Lipinski definition) is 2. The largest absolute Gasteiger partial charge is 0.454 e. The molecule has 27 heavy (non-hydrogen) atoms. The van der Waals surface area contributed by atoms with Crippen LogP contribution < -0.4 is 20.1 Å². The summed E-state index contributed by atoms with van der Waals surface area (Å²) in [6, 6.07) is 8.75. The van der Waals surface area contributed by atoms with Crippen LogP contribution in [0.25, 0.3) is 0 Å². The molecule has 0 unspecified atom stereocenters. The average Bonchev–Trinajstić information content (AvgIpc) is 3.35. The fraction of sp³-hybridized carbons (Fsp3) is 0.278. The van der Waals surface area contributed by atoms with Gasteiger partial charge in [-0.2, -0.15) is 0 Å². The zero-order valence-electron chi connectivity index (χ0n) is 14.5. The van der Waals surface area contributed by atoms with Crippen LogP contribution in [0.4, 0.5) is 0 Å². The molecule has 9 heteroatoms. The molecule has 0 aliphatic carbocycles. The van der Waals surface area contributed by atoms with Crippen molar-refractivity contribution in [2.75, 3.05) is 13.3 Å². The van der Waals surface area contributed by atoms with Crippen molar-refractivity contribution in [3.05, 3.63) is 46.2 Å². The molecule has 2 aromatic rings. The predicted octanol–water partition coefficient (Wildman–Crippen LogP) is 1.45. The molecule has 2 amide bonds. The van der Waals surface area contributed by atoms with Crippen molar-refractivity contribution in [1.29, 1.82) is 0 Å². The molecule has 0 fully saturated rings. The number of hydrogen-bond acceptors (Lipinski definition) is 7. The van der Waals surface area contributed by atoms with Crippen molar-refractivity contribution in [3.8, 4) is 11.5 Å². The number of carbonyl (C=O) groups excluding carboxylic acids is 3. The van der Waals surface area contributed by atoms with E-state index in [0.29, 0.717) is 16.4 Å². The van der Waals surface area contributed by atoms with Crippen LogP contribution in [0.2, 0.25) is 0 Å². The first kappa shape index (κ1) is 18.7. The minimum Gasteiger partial charge on any atom is -0.454 e. The van der Waals surface area contributed by atoms with Gasteiger partial charge >= 0.3 is 5.97 Å². The maximum absolute atomic E-state index is 12.1. The van der Waals surface area contributed by atoms with Crippen molar-refractivity contribution in [3.63, 3.8) is 0 Å². The quantitative estimate of drug-likeness (QED) is 0.694. The molecule has 1 aliphatic heterocycles. The van der Waals surface area contributed by atoms with Crippen LogP contribution in [0.1, 0.15) is 22.2 Å². The molecule has 0 radical (unpaired) electrons. The Morgan fingerprint density at radius 3 is 2.78 bits per heavy atom. The Hall–Kier alpha value is -3.07. The van der Waals surface area contributed by atoms with Crippen molar-refractivity contribution in [1.82, 2.24) is 10.6 Å². The Balaban J connectivity index is 1.40. The number of nitrogens with one attached hydrogen (secondary N) is 2. The number of ether oxygens (including phenoxy) is 3. The number of esters is 1. The van der Waals surface area contributed by atoms with Gasteiger partial charge in [-0.05, 0) is 36.1 Å². The highest BCUT2D eigenvalue weighted by molar-refractivity contribution is 7.12. The lowest BCUT2D eigenvalue weighted by molar-refractivity contribution is -0.153. The topological polar surface area (TPSA) is 103 Å². The highest BCUT2D eigenvalue weighted by atomic mass is 32.1. The van der Waals surface area contributed by atoms with Gasteiger partial charge in [0.1, 0.15) is 6.54 Å². The molecule has 1 atom stereocenters. The smallest absolute Gasteiger partial charge is 0.326 e. The highest BCUT2D eigenvalue weighted by Gasteiger charge is 2.19. The highest BCUT2D eigenvalue weighted by Crippen LogP contribution is 2.32. The average molecular weight is 390 g/mol. The SMILES string of the molecule is C[C@@H](OC(=O)CNC(=O)c1cccs1)C(=O)NCc1ccc2c(c1)OCO2. The van der Waals surface area contributed by atoms with E-state index in [2.05, 4.69) is 10.6 Å². The lowest BCUT2D eigenvalue weighted by Gasteiger charge is -2.14. The van der Waals surface area contributed by atoms with Gasteiger partial charge in [0.15, 0.2) is 17.6 Å². The molecule has 1 aromatic carbocycles. The molecule has 0 spiro atoms. The molecule has 2 N–H and O–H groups in total. The van der Waals surface area contributed by atoms with E-state index < -0.39 is 18.0 Å². The van der Waals surface area contributed by atoms with Crippen LogP contribution in [0.5, 0.6) is 11.5 Å². The molecule has 2 heterocycles. The fourth-order valence-electron chi connectivity index (χ4n) is 2.32. The van der Waals surface area contributed by atoms with E-state index in [9.17, 15) is 14.4 Å². The summed E-state index contributed by atoms with van der Waals surface area (Å²) < 4.78 is 15.5. The molecule has 1 aromatic heterocycles. The van der Waals surface area contributed by atoms with Gasteiger partial charge in [-0.1, -0.05) is 12.1 Å². The summed E-state index contributed by atoms with van der Waals surface area (Å²) in [6.45, 7) is 1.60. The van der Waals surface area contributed by atoms with Gasteiger partial charge < -0.3 is 24.8 Å². The summed E-state index contributed by atoms with van der Waals surface area (Å²) in [5.41, 5.74) is 0.828. The Kier molecular flexibility index (Phi) is 5.92. The first-order valence-electron chi connectivity index (χ1n) is 8.20. The lowest BCUT2D eigenvalue weighted by Crippen LogP contribution is -2.38. The molecular formula is C18H18N2O6S. The maximum atomic E-state index is 12.1. The van der Waals surface area contributed by atoms with E-state index in [0.717, 1.165) is 5.56 Å². The molecule has 0 saturated heterocycles. The summed E-state index contributed by atoms with van der Waals surface area (Å²) in [7, 11) is 0. The molecular weight excluding hydrogens is 372 g/mol. The van der Waals surface area contributed by atoms with E-state index >= 15 is 0 Å². The van der Waals surface area contributed by atoms with Crippen LogP contribution >= 0.6 is 11.3 Å². The van der Waals surface area contributed by atoms with E-state index in [4.69, 9.17) is 14.2 Å². The van der Waals surface area contributed by atoms with E-state index in [-0.39, 0.29) is 25.8 Å². The van der Waals surface area contributed by atoms with Crippen molar-refractivity contribution in [2.45, 2.75) is 19.6 Å². The first-order chi connectivity index (χ1) is 13.0. The van der Waals surface area contributed by atoms with Crippen molar-refractivity contribution >= 4 is 29.1 Å². The third-order valence-corrected chi connectivity index (χ3v) is 4.59. The van der Waals surface area contributed by atoms with Gasteiger partial charge in [-0.15, -0.1) is 11.3 Å². The number of amides is 2. The molecule has 1 aliphatic rings. The predicted molar refractivity (Wildman–Crippen MR) is 96.6 cm³/mol. The van der Waals surface area contributed by atoms with Crippen molar-refractivity contribution in [2.24, 2.45) is 0 Å². The minimum absolute atomic E-state index is 0.182. The molecule has 142 valence electrons. The van der Waals surface area contributed by atoms with Gasteiger partial charge in [0.2, 0.25) is 6.79 Å². The first-order valence-corrected chi connectivity index (χ1v) is 9.08. The number of thiophene rings is 1. The van der Waals surface area contributed by atoms with E-state index in [1.807, 2.05) is 6.07 Å². The molecule has 0 saturated carbocycles. The monoisotopic (exact) mass is 390 g/mol. The van der Waals surface area contributed by atoms with E-state index in [1.165, 1.54) is 18.3 Å². The third kappa shape index (κ3) is 4.98. The summed E-state index contributed by atoms with van der Waals surface area (Å²) in [5, 5.41) is 6.90. The van der Waals surface area contributed by atoms with Crippen LogP contribution in [0.3, 0.4) is 0 Å². The van der Waals surface area contributed by atoms with Crippen LogP contribution in [0.15, 0.2) is 35.7 Å².